The Kier molecular flexibility index (Phi) is 4.01. The molecule has 0 aliphatic carbocycles. The SMILES string of the molecule is COc1ccc(CN2Cc3[nH]cnc3C(c3ccccc3)C2)cn1. The van der Waals surface area contributed by atoms with Crippen LogP contribution in [0.15, 0.2) is 55.0 Å². The van der Waals surface area contributed by atoms with E-state index in [2.05, 4.69) is 56.3 Å². The number of hydrogen-bond acceptors (Lipinski definition) is 4. The highest BCUT2D eigenvalue weighted by Crippen LogP contribution is 2.32. The first-order chi connectivity index (χ1) is 11.8. The summed E-state index contributed by atoms with van der Waals surface area (Å²) in [7, 11) is 1.64. The molecule has 1 aliphatic heterocycles. The van der Waals surface area contributed by atoms with Gasteiger partial charge < -0.3 is 9.72 Å². The molecule has 0 bridgehead atoms. The number of nitrogens with zero attached hydrogens (tertiary/aromatic N) is 3. The van der Waals surface area contributed by atoms with E-state index in [0.29, 0.717) is 11.8 Å². The van der Waals surface area contributed by atoms with Crippen LogP contribution in [-0.2, 0) is 13.1 Å². The fraction of sp³-hybridized carbons (Fsp3) is 0.263. The number of ether oxygens (including phenoxy) is 1. The van der Waals surface area contributed by atoms with Crippen LogP contribution in [0.5, 0.6) is 5.88 Å². The Bertz CT molecular complexity index is 798. The van der Waals surface area contributed by atoms with E-state index in [-0.39, 0.29) is 0 Å². The molecule has 0 fully saturated rings. The molecule has 1 atom stereocenters. The molecular formula is C19H20N4O. The van der Waals surface area contributed by atoms with Crippen LogP contribution < -0.4 is 4.74 Å². The van der Waals surface area contributed by atoms with E-state index in [4.69, 9.17) is 4.74 Å². The number of nitrogens with one attached hydrogen (secondary N) is 1. The molecule has 24 heavy (non-hydrogen) atoms. The van der Waals surface area contributed by atoms with Gasteiger partial charge in [-0.1, -0.05) is 36.4 Å². The molecule has 1 aromatic carbocycles. The van der Waals surface area contributed by atoms with Crippen LogP contribution in [0, 0.1) is 0 Å². The third-order valence-corrected chi connectivity index (χ3v) is 4.52. The zero-order chi connectivity index (χ0) is 16.4. The lowest BCUT2D eigenvalue weighted by Crippen LogP contribution is -2.33. The van der Waals surface area contributed by atoms with Crippen molar-refractivity contribution in [3.8, 4) is 5.88 Å². The first kappa shape index (κ1) is 14.9. The van der Waals surface area contributed by atoms with Crippen molar-refractivity contribution in [3.05, 3.63) is 77.5 Å². The van der Waals surface area contributed by atoms with E-state index >= 15 is 0 Å². The van der Waals surface area contributed by atoms with E-state index in [1.54, 1.807) is 13.4 Å². The number of H-pyrrole nitrogens is 1. The molecule has 1 unspecified atom stereocenters. The van der Waals surface area contributed by atoms with Gasteiger partial charge >= 0.3 is 0 Å². The third-order valence-electron chi connectivity index (χ3n) is 4.52. The summed E-state index contributed by atoms with van der Waals surface area (Å²) in [6, 6.07) is 14.6. The van der Waals surface area contributed by atoms with Gasteiger partial charge in [0.15, 0.2) is 0 Å². The number of benzene rings is 1. The molecule has 5 heteroatoms. The number of imidazole rings is 1. The molecule has 3 aromatic rings. The molecule has 0 spiro atoms. The first-order valence-electron chi connectivity index (χ1n) is 8.12. The Hall–Kier alpha value is -2.66. The molecule has 1 aliphatic rings. The highest BCUT2D eigenvalue weighted by molar-refractivity contribution is 5.33. The van der Waals surface area contributed by atoms with Gasteiger partial charge in [-0.3, -0.25) is 4.90 Å². The minimum absolute atomic E-state index is 0.299. The standard InChI is InChI=1S/C19H20N4O/c1-24-18-8-7-14(9-20-18)10-23-11-16(15-5-3-2-4-6-15)19-17(12-23)21-13-22-19/h2-9,13,16H,10-12H2,1H3,(H,21,22). The van der Waals surface area contributed by atoms with Gasteiger partial charge in [0, 0.05) is 37.8 Å². The zero-order valence-electron chi connectivity index (χ0n) is 13.6. The topological polar surface area (TPSA) is 54.0 Å². The summed E-state index contributed by atoms with van der Waals surface area (Å²) in [5, 5.41) is 0. The molecule has 0 saturated carbocycles. The predicted octanol–water partition coefficient (Wildman–Crippen LogP) is 2.96. The van der Waals surface area contributed by atoms with Gasteiger partial charge in [-0.15, -0.1) is 0 Å². The number of aromatic nitrogens is 3. The van der Waals surface area contributed by atoms with Gasteiger partial charge in [-0.05, 0) is 11.1 Å². The van der Waals surface area contributed by atoms with Gasteiger partial charge in [0.05, 0.1) is 24.8 Å². The molecular weight excluding hydrogens is 300 g/mol. The van der Waals surface area contributed by atoms with Gasteiger partial charge in [-0.25, -0.2) is 9.97 Å². The lowest BCUT2D eigenvalue weighted by Gasteiger charge is -2.32. The average molecular weight is 320 g/mol. The van der Waals surface area contributed by atoms with Crippen molar-refractivity contribution in [2.45, 2.75) is 19.0 Å². The van der Waals surface area contributed by atoms with Crippen molar-refractivity contribution in [2.24, 2.45) is 0 Å². The van der Waals surface area contributed by atoms with E-state index in [0.717, 1.165) is 19.6 Å². The minimum atomic E-state index is 0.299. The molecule has 0 amide bonds. The van der Waals surface area contributed by atoms with Gasteiger partial charge in [0.25, 0.3) is 0 Å². The molecule has 122 valence electrons. The number of pyridine rings is 1. The number of aromatic amines is 1. The second kappa shape index (κ2) is 6.45. The van der Waals surface area contributed by atoms with Crippen LogP contribution in [-0.4, -0.2) is 33.5 Å². The smallest absolute Gasteiger partial charge is 0.212 e. The van der Waals surface area contributed by atoms with Crippen LogP contribution in [0.2, 0.25) is 0 Å². The fourth-order valence-corrected chi connectivity index (χ4v) is 3.34. The summed E-state index contributed by atoms with van der Waals surface area (Å²) in [6.07, 6.45) is 3.69. The number of fused-ring (bicyclic) bond motifs is 1. The van der Waals surface area contributed by atoms with Crippen molar-refractivity contribution in [3.63, 3.8) is 0 Å². The van der Waals surface area contributed by atoms with Crippen LogP contribution in [0.1, 0.15) is 28.4 Å². The lowest BCUT2D eigenvalue weighted by atomic mass is 9.91. The highest BCUT2D eigenvalue weighted by Gasteiger charge is 2.28. The molecule has 5 nitrogen and oxygen atoms in total. The highest BCUT2D eigenvalue weighted by atomic mass is 16.5. The molecule has 0 radical (unpaired) electrons. The predicted molar refractivity (Wildman–Crippen MR) is 91.8 cm³/mol. The first-order valence-corrected chi connectivity index (χ1v) is 8.12. The maximum atomic E-state index is 5.13. The summed E-state index contributed by atoms with van der Waals surface area (Å²) >= 11 is 0. The van der Waals surface area contributed by atoms with E-state index in [1.807, 2.05) is 12.3 Å². The maximum absolute atomic E-state index is 5.13. The normalized spacial score (nSPS) is 17.5. The van der Waals surface area contributed by atoms with E-state index in [9.17, 15) is 0 Å². The summed E-state index contributed by atoms with van der Waals surface area (Å²) in [6.45, 7) is 2.69. The molecule has 4 rings (SSSR count). The average Bonchev–Trinajstić information content (AvgIpc) is 3.11. The fourth-order valence-electron chi connectivity index (χ4n) is 3.34. The van der Waals surface area contributed by atoms with Gasteiger partial charge in [0.2, 0.25) is 5.88 Å². The molecule has 0 saturated heterocycles. The Labute approximate surface area is 141 Å². The lowest BCUT2D eigenvalue weighted by molar-refractivity contribution is 0.227. The van der Waals surface area contributed by atoms with Crippen LogP contribution in [0.4, 0.5) is 0 Å². The Morgan fingerprint density at radius 3 is 2.79 bits per heavy atom. The molecule has 3 heterocycles. The largest absolute Gasteiger partial charge is 0.481 e. The van der Waals surface area contributed by atoms with E-state index < -0.39 is 0 Å². The van der Waals surface area contributed by atoms with Crippen molar-refractivity contribution in [2.75, 3.05) is 13.7 Å². The summed E-state index contributed by atoms with van der Waals surface area (Å²) < 4.78 is 5.13. The van der Waals surface area contributed by atoms with Crippen molar-refractivity contribution < 1.29 is 4.74 Å². The maximum Gasteiger partial charge on any atom is 0.212 e. The summed E-state index contributed by atoms with van der Waals surface area (Å²) in [5.41, 5.74) is 4.87. The Morgan fingerprint density at radius 1 is 1.17 bits per heavy atom. The van der Waals surface area contributed by atoms with Crippen LogP contribution >= 0.6 is 0 Å². The van der Waals surface area contributed by atoms with Crippen molar-refractivity contribution >= 4 is 0 Å². The number of hydrogen-bond donors (Lipinski definition) is 1. The summed E-state index contributed by atoms with van der Waals surface area (Å²) in [5.74, 6) is 0.947. The quantitative estimate of drug-likeness (QED) is 0.803. The van der Waals surface area contributed by atoms with E-state index in [1.165, 1.54) is 22.5 Å². The van der Waals surface area contributed by atoms with Crippen molar-refractivity contribution in [1.29, 1.82) is 0 Å². The van der Waals surface area contributed by atoms with Crippen LogP contribution in [0.3, 0.4) is 0 Å². The molecule has 1 N–H and O–H groups in total. The second-order valence-electron chi connectivity index (χ2n) is 6.11. The third kappa shape index (κ3) is 2.90. The Morgan fingerprint density at radius 2 is 2.04 bits per heavy atom. The van der Waals surface area contributed by atoms with Gasteiger partial charge in [-0.2, -0.15) is 0 Å². The second-order valence-corrected chi connectivity index (χ2v) is 6.11. The monoisotopic (exact) mass is 320 g/mol. The molecule has 2 aromatic heterocycles. The van der Waals surface area contributed by atoms with Crippen molar-refractivity contribution in [1.82, 2.24) is 19.9 Å². The minimum Gasteiger partial charge on any atom is -0.481 e. The zero-order valence-corrected chi connectivity index (χ0v) is 13.6. The van der Waals surface area contributed by atoms with Crippen LogP contribution in [0.25, 0.3) is 0 Å². The number of rotatable bonds is 4. The summed E-state index contributed by atoms with van der Waals surface area (Å²) in [4.78, 5) is 14.6. The Balaban J connectivity index is 1.57. The van der Waals surface area contributed by atoms with Gasteiger partial charge in [0.1, 0.15) is 0 Å². The number of methoxy groups -OCH3 is 1.